The molecule has 2 aliphatic heterocycles. The maximum absolute atomic E-state index is 12.0. The van der Waals surface area contributed by atoms with Crippen LogP contribution in [0.4, 0.5) is 0 Å². The molecule has 0 saturated carbocycles. The Bertz CT molecular complexity index is 330. The standard InChI is InChI=1S/C17H32N2O2/c1-17(2,3)16(20)18-12-14-6-4-9-19(13-14)15-7-5-10-21-11-8-15/h14-15H,4-13H2,1-3H3,(H,18,20)/t14-,15+/m0/s1. The molecule has 2 fully saturated rings. The lowest BCUT2D eigenvalue weighted by Gasteiger charge is -2.38. The number of rotatable bonds is 3. The van der Waals surface area contributed by atoms with Crippen LogP contribution in [-0.4, -0.2) is 49.7 Å². The molecule has 2 heterocycles. The molecule has 1 amide bonds. The van der Waals surface area contributed by atoms with E-state index in [1.165, 1.54) is 38.6 Å². The summed E-state index contributed by atoms with van der Waals surface area (Å²) in [6, 6.07) is 0.689. The Morgan fingerprint density at radius 1 is 1.19 bits per heavy atom. The Kier molecular flexibility index (Phi) is 6.06. The summed E-state index contributed by atoms with van der Waals surface area (Å²) in [5.74, 6) is 0.775. The zero-order valence-electron chi connectivity index (χ0n) is 14.0. The second-order valence-electron chi connectivity index (χ2n) is 7.66. The predicted octanol–water partition coefficient (Wildman–Crippen LogP) is 2.43. The van der Waals surface area contributed by atoms with E-state index >= 15 is 0 Å². The molecule has 0 spiro atoms. The fraction of sp³-hybridized carbons (Fsp3) is 0.941. The normalized spacial score (nSPS) is 28.9. The molecular formula is C17H32N2O2. The van der Waals surface area contributed by atoms with Crippen molar-refractivity contribution in [3.63, 3.8) is 0 Å². The maximum Gasteiger partial charge on any atom is 0.225 e. The predicted molar refractivity (Wildman–Crippen MR) is 85.2 cm³/mol. The van der Waals surface area contributed by atoms with Crippen LogP contribution in [0.25, 0.3) is 0 Å². The summed E-state index contributed by atoms with van der Waals surface area (Å²) < 4.78 is 5.58. The van der Waals surface area contributed by atoms with Gasteiger partial charge < -0.3 is 10.1 Å². The van der Waals surface area contributed by atoms with Crippen molar-refractivity contribution in [2.45, 2.75) is 58.9 Å². The first-order chi connectivity index (χ1) is 9.97. The maximum atomic E-state index is 12.0. The van der Waals surface area contributed by atoms with E-state index in [-0.39, 0.29) is 11.3 Å². The van der Waals surface area contributed by atoms with Crippen molar-refractivity contribution in [3.8, 4) is 0 Å². The molecule has 122 valence electrons. The quantitative estimate of drug-likeness (QED) is 0.869. The van der Waals surface area contributed by atoms with Crippen molar-refractivity contribution in [3.05, 3.63) is 0 Å². The molecule has 1 N–H and O–H groups in total. The highest BCUT2D eigenvalue weighted by molar-refractivity contribution is 5.81. The molecular weight excluding hydrogens is 264 g/mol. The van der Waals surface area contributed by atoms with Crippen molar-refractivity contribution in [2.24, 2.45) is 11.3 Å². The lowest BCUT2D eigenvalue weighted by Crippen LogP contribution is -2.47. The van der Waals surface area contributed by atoms with Crippen LogP contribution in [0.5, 0.6) is 0 Å². The van der Waals surface area contributed by atoms with Crippen LogP contribution in [0.15, 0.2) is 0 Å². The van der Waals surface area contributed by atoms with E-state index in [0.29, 0.717) is 12.0 Å². The molecule has 2 aliphatic rings. The number of nitrogens with one attached hydrogen (secondary N) is 1. The molecule has 4 nitrogen and oxygen atoms in total. The molecule has 2 saturated heterocycles. The number of ether oxygens (including phenoxy) is 1. The van der Waals surface area contributed by atoms with E-state index in [2.05, 4.69) is 10.2 Å². The van der Waals surface area contributed by atoms with Crippen LogP contribution in [0.1, 0.15) is 52.9 Å². The average molecular weight is 296 g/mol. The Morgan fingerprint density at radius 2 is 2.00 bits per heavy atom. The minimum absolute atomic E-state index is 0.169. The smallest absolute Gasteiger partial charge is 0.225 e. The lowest BCUT2D eigenvalue weighted by molar-refractivity contribution is -0.128. The third-order valence-corrected chi connectivity index (χ3v) is 4.72. The van der Waals surface area contributed by atoms with Crippen LogP contribution in [-0.2, 0) is 9.53 Å². The van der Waals surface area contributed by atoms with E-state index in [9.17, 15) is 4.79 Å². The zero-order valence-corrected chi connectivity index (χ0v) is 14.0. The fourth-order valence-corrected chi connectivity index (χ4v) is 3.35. The zero-order chi connectivity index (χ0) is 15.3. The van der Waals surface area contributed by atoms with Crippen molar-refractivity contribution in [1.82, 2.24) is 10.2 Å². The molecule has 0 aromatic heterocycles. The molecule has 4 heteroatoms. The Hall–Kier alpha value is -0.610. The van der Waals surface area contributed by atoms with Crippen LogP contribution in [0.2, 0.25) is 0 Å². The van der Waals surface area contributed by atoms with E-state index in [4.69, 9.17) is 4.74 Å². The summed E-state index contributed by atoms with van der Waals surface area (Å²) in [4.78, 5) is 14.6. The van der Waals surface area contributed by atoms with Gasteiger partial charge in [-0.3, -0.25) is 9.69 Å². The number of likely N-dealkylation sites (tertiary alicyclic amines) is 1. The summed E-state index contributed by atoms with van der Waals surface area (Å²) in [5.41, 5.74) is -0.285. The van der Waals surface area contributed by atoms with Gasteiger partial charge in [0.25, 0.3) is 0 Å². The highest BCUT2D eigenvalue weighted by Crippen LogP contribution is 2.23. The minimum atomic E-state index is -0.285. The third-order valence-electron chi connectivity index (χ3n) is 4.72. The molecule has 0 unspecified atom stereocenters. The van der Waals surface area contributed by atoms with Gasteiger partial charge in [0.15, 0.2) is 0 Å². The van der Waals surface area contributed by atoms with Gasteiger partial charge in [0.2, 0.25) is 5.91 Å². The first-order valence-electron chi connectivity index (χ1n) is 8.57. The molecule has 0 aromatic carbocycles. The van der Waals surface area contributed by atoms with Crippen LogP contribution >= 0.6 is 0 Å². The number of hydrogen-bond acceptors (Lipinski definition) is 3. The van der Waals surface area contributed by atoms with Crippen molar-refractivity contribution >= 4 is 5.91 Å². The molecule has 0 bridgehead atoms. The molecule has 0 aromatic rings. The molecule has 0 radical (unpaired) electrons. The topological polar surface area (TPSA) is 41.6 Å². The van der Waals surface area contributed by atoms with Gasteiger partial charge in [0.05, 0.1) is 0 Å². The molecule has 21 heavy (non-hydrogen) atoms. The van der Waals surface area contributed by atoms with Gasteiger partial charge in [-0.2, -0.15) is 0 Å². The summed E-state index contributed by atoms with van der Waals surface area (Å²) in [6.07, 6.45) is 6.12. The van der Waals surface area contributed by atoms with E-state index in [0.717, 1.165) is 26.3 Å². The summed E-state index contributed by atoms with van der Waals surface area (Å²) in [6.45, 7) is 10.9. The number of piperidine rings is 1. The van der Waals surface area contributed by atoms with Crippen molar-refractivity contribution in [2.75, 3.05) is 32.8 Å². The lowest BCUT2D eigenvalue weighted by atomic mass is 9.93. The average Bonchev–Trinajstić information content (AvgIpc) is 2.73. The highest BCUT2D eigenvalue weighted by atomic mass is 16.5. The molecule has 2 atom stereocenters. The third kappa shape index (κ3) is 5.26. The van der Waals surface area contributed by atoms with Crippen LogP contribution in [0.3, 0.4) is 0 Å². The van der Waals surface area contributed by atoms with E-state index in [1.54, 1.807) is 0 Å². The first kappa shape index (κ1) is 16.8. The van der Waals surface area contributed by atoms with Gasteiger partial charge >= 0.3 is 0 Å². The Balaban J connectivity index is 1.79. The fourth-order valence-electron chi connectivity index (χ4n) is 3.35. The van der Waals surface area contributed by atoms with Crippen LogP contribution in [0, 0.1) is 11.3 Å². The second kappa shape index (κ2) is 7.59. The number of carbonyl (C=O) groups is 1. The van der Waals surface area contributed by atoms with E-state index in [1.807, 2.05) is 20.8 Å². The van der Waals surface area contributed by atoms with Gasteiger partial charge in [0, 0.05) is 37.8 Å². The SMILES string of the molecule is CC(C)(C)C(=O)NC[C@@H]1CCCN([C@@H]2CCCOCC2)C1. The Labute approximate surface area is 129 Å². The van der Waals surface area contributed by atoms with Crippen molar-refractivity contribution in [1.29, 1.82) is 0 Å². The van der Waals surface area contributed by atoms with Gasteiger partial charge in [-0.05, 0) is 44.6 Å². The number of amides is 1. The minimum Gasteiger partial charge on any atom is -0.381 e. The number of carbonyl (C=O) groups excluding carboxylic acids is 1. The Morgan fingerprint density at radius 3 is 2.76 bits per heavy atom. The van der Waals surface area contributed by atoms with Crippen molar-refractivity contribution < 1.29 is 9.53 Å². The monoisotopic (exact) mass is 296 g/mol. The second-order valence-corrected chi connectivity index (χ2v) is 7.66. The van der Waals surface area contributed by atoms with Gasteiger partial charge in [0.1, 0.15) is 0 Å². The summed E-state index contributed by atoms with van der Waals surface area (Å²) in [7, 11) is 0. The van der Waals surface area contributed by atoms with Gasteiger partial charge in [-0.25, -0.2) is 0 Å². The van der Waals surface area contributed by atoms with Gasteiger partial charge in [-0.1, -0.05) is 20.8 Å². The van der Waals surface area contributed by atoms with Crippen LogP contribution < -0.4 is 5.32 Å². The largest absolute Gasteiger partial charge is 0.381 e. The number of hydrogen-bond donors (Lipinski definition) is 1. The van der Waals surface area contributed by atoms with Gasteiger partial charge in [-0.15, -0.1) is 0 Å². The molecule has 0 aliphatic carbocycles. The summed E-state index contributed by atoms with van der Waals surface area (Å²) in [5, 5.41) is 3.14. The van der Waals surface area contributed by atoms with E-state index < -0.39 is 0 Å². The summed E-state index contributed by atoms with van der Waals surface area (Å²) >= 11 is 0. The number of nitrogens with zero attached hydrogens (tertiary/aromatic N) is 1. The molecule has 2 rings (SSSR count). The first-order valence-corrected chi connectivity index (χ1v) is 8.57. The highest BCUT2D eigenvalue weighted by Gasteiger charge is 2.28.